The van der Waals surface area contributed by atoms with Crippen LogP contribution in [0.5, 0.6) is 0 Å². The molecule has 1 aromatic heterocycles. The third-order valence-electron chi connectivity index (χ3n) is 5.31. The highest BCUT2D eigenvalue weighted by atomic mass is 16.5. The average molecular weight is 389 g/mol. The van der Waals surface area contributed by atoms with Crippen molar-refractivity contribution >= 4 is 23.3 Å². The molecule has 5 rings (SSSR count). The van der Waals surface area contributed by atoms with Crippen molar-refractivity contribution in [3.63, 3.8) is 0 Å². The van der Waals surface area contributed by atoms with Crippen molar-refractivity contribution in [1.82, 2.24) is 15.1 Å². The van der Waals surface area contributed by atoms with Crippen molar-refractivity contribution < 1.29 is 14.3 Å². The maximum absolute atomic E-state index is 13.5. The lowest BCUT2D eigenvalue weighted by atomic mass is 9.97. The van der Waals surface area contributed by atoms with Gasteiger partial charge < -0.3 is 20.3 Å². The van der Waals surface area contributed by atoms with E-state index in [1.807, 2.05) is 54.6 Å². The van der Waals surface area contributed by atoms with Gasteiger partial charge in [-0.2, -0.15) is 5.10 Å². The Kier molecular flexibility index (Phi) is 3.88. The van der Waals surface area contributed by atoms with Crippen molar-refractivity contribution in [2.24, 2.45) is 0 Å². The van der Waals surface area contributed by atoms with E-state index in [4.69, 9.17) is 4.74 Å². The summed E-state index contributed by atoms with van der Waals surface area (Å²) in [6.45, 7) is 0.772. The van der Waals surface area contributed by atoms with Crippen LogP contribution in [0.4, 0.5) is 11.5 Å². The fraction of sp³-hybridized carbons (Fsp3) is 0.190. The second-order valence-corrected chi connectivity index (χ2v) is 6.95. The third-order valence-corrected chi connectivity index (χ3v) is 5.31. The van der Waals surface area contributed by atoms with E-state index in [0.717, 1.165) is 11.4 Å². The number of amides is 2. The number of aromatic nitrogens is 2. The van der Waals surface area contributed by atoms with Crippen LogP contribution in [-0.4, -0.2) is 41.9 Å². The Morgan fingerprint density at radius 2 is 1.79 bits per heavy atom. The Labute approximate surface area is 167 Å². The van der Waals surface area contributed by atoms with Crippen molar-refractivity contribution in [3.05, 3.63) is 71.9 Å². The summed E-state index contributed by atoms with van der Waals surface area (Å²) >= 11 is 0. The monoisotopic (exact) mass is 389 g/mol. The summed E-state index contributed by atoms with van der Waals surface area (Å²) in [5.74, 6) is -0.120. The highest BCUT2D eigenvalue weighted by Gasteiger charge is 2.55. The number of nitrogens with zero attached hydrogens (tertiary/aromatic N) is 3. The van der Waals surface area contributed by atoms with Gasteiger partial charge in [-0.25, -0.2) is 4.68 Å². The van der Waals surface area contributed by atoms with E-state index in [2.05, 4.69) is 15.7 Å². The molecule has 2 N–H and O–H groups in total. The van der Waals surface area contributed by atoms with Crippen LogP contribution in [-0.2, 0) is 15.2 Å². The Bertz CT molecular complexity index is 1110. The van der Waals surface area contributed by atoms with E-state index in [1.54, 1.807) is 16.7 Å². The zero-order valence-corrected chi connectivity index (χ0v) is 15.8. The molecule has 2 aliphatic rings. The first-order chi connectivity index (χ1) is 14.2. The Balaban J connectivity index is 1.64. The van der Waals surface area contributed by atoms with Gasteiger partial charge >= 0.3 is 0 Å². The molecule has 0 bridgehead atoms. The summed E-state index contributed by atoms with van der Waals surface area (Å²) in [5.41, 5.74) is 1.24. The second kappa shape index (κ2) is 6.46. The Hall–Kier alpha value is -3.65. The van der Waals surface area contributed by atoms with Gasteiger partial charge in [-0.1, -0.05) is 36.4 Å². The number of hydrogen-bond acceptors (Lipinski definition) is 5. The maximum atomic E-state index is 13.5. The van der Waals surface area contributed by atoms with Gasteiger partial charge in [-0.15, -0.1) is 0 Å². The number of benzene rings is 2. The fourth-order valence-electron chi connectivity index (χ4n) is 3.95. The lowest BCUT2D eigenvalue weighted by molar-refractivity contribution is -0.123. The van der Waals surface area contributed by atoms with Crippen LogP contribution in [0.25, 0.3) is 5.69 Å². The van der Waals surface area contributed by atoms with Gasteiger partial charge in [0, 0.05) is 19.2 Å². The number of hydrogen-bond donors (Lipinski definition) is 2. The van der Waals surface area contributed by atoms with Crippen LogP contribution in [0, 0.1) is 0 Å². The third kappa shape index (κ3) is 2.46. The summed E-state index contributed by atoms with van der Waals surface area (Å²) in [6.07, 6.45) is 1.51. The lowest BCUT2D eigenvalue weighted by Gasteiger charge is -2.35. The second-order valence-electron chi connectivity index (χ2n) is 6.95. The zero-order valence-electron chi connectivity index (χ0n) is 15.8. The Morgan fingerprint density at radius 3 is 2.59 bits per heavy atom. The topological polar surface area (TPSA) is 88.5 Å². The summed E-state index contributed by atoms with van der Waals surface area (Å²) in [6, 6.07) is 16.9. The number of methoxy groups -OCH3 is 1. The number of fused-ring (bicyclic) bond motifs is 3. The van der Waals surface area contributed by atoms with Gasteiger partial charge in [0.25, 0.3) is 11.8 Å². The molecular formula is C21H19N5O3. The van der Waals surface area contributed by atoms with Crippen molar-refractivity contribution in [3.8, 4) is 5.69 Å². The van der Waals surface area contributed by atoms with Gasteiger partial charge in [0.2, 0.25) is 5.66 Å². The van der Waals surface area contributed by atoms with Crippen LogP contribution >= 0.6 is 0 Å². The predicted molar refractivity (Wildman–Crippen MR) is 107 cm³/mol. The van der Waals surface area contributed by atoms with E-state index in [1.165, 1.54) is 6.20 Å². The maximum Gasteiger partial charge on any atom is 0.278 e. The molecule has 2 aromatic carbocycles. The van der Waals surface area contributed by atoms with E-state index >= 15 is 0 Å². The zero-order chi connectivity index (χ0) is 20.0. The van der Waals surface area contributed by atoms with E-state index < -0.39 is 5.66 Å². The van der Waals surface area contributed by atoms with E-state index in [9.17, 15) is 9.59 Å². The average Bonchev–Trinajstić information content (AvgIpc) is 3.27. The minimum atomic E-state index is -1.39. The quantitative estimate of drug-likeness (QED) is 0.711. The number of nitrogens with one attached hydrogen (secondary N) is 2. The number of para-hydroxylation sites is 2. The molecule has 0 radical (unpaired) electrons. The van der Waals surface area contributed by atoms with Crippen LogP contribution in [0.15, 0.2) is 60.8 Å². The van der Waals surface area contributed by atoms with Gasteiger partial charge in [-0.3, -0.25) is 9.59 Å². The molecule has 3 aromatic rings. The fourth-order valence-corrected chi connectivity index (χ4v) is 3.95. The SMILES string of the molecule is COCCN1C(=O)C2(NC(=O)c3cnn(-c4ccccc4)c3N2)c2ccccc21. The molecule has 8 nitrogen and oxygen atoms in total. The van der Waals surface area contributed by atoms with Crippen LogP contribution < -0.4 is 15.5 Å². The minimum Gasteiger partial charge on any atom is -0.383 e. The molecule has 0 aliphatic carbocycles. The predicted octanol–water partition coefficient (Wildman–Crippen LogP) is 1.87. The molecule has 1 unspecified atom stereocenters. The van der Waals surface area contributed by atoms with Crippen LogP contribution in [0.3, 0.4) is 0 Å². The number of carbonyl (C=O) groups is 2. The molecule has 0 saturated carbocycles. The number of anilines is 2. The summed E-state index contributed by atoms with van der Waals surface area (Å²) in [7, 11) is 1.59. The molecule has 3 heterocycles. The van der Waals surface area contributed by atoms with Crippen LogP contribution in [0.2, 0.25) is 0 Å². The van der Waals surface area contributed by atoms with Crippen molar-refractivity contribution in [2.45, 2.75) is 5.66 Å². The largest absolute Gasteiger partial charge is 0.383 e. The summed E-state index contributed by atoms with van der Waals surface area (Å²) in [4.78, 5) is 28.1. The van der Waals surface area contributed by atoms with Crippen molar-refractivity contribution in [2.75, 3.05) is 30.5 Å². The Morgan fingerprint density at radius 1 is 1.03 bits per heavy atom. The van der Waals surface area contributed by atoms with Gasteiger partial charge in [0.05, 0.1) is 24.2 Å². The molecular weight excluding hydrogens is 370 g/mol. The molecule has 0 fully saturated rings. The highest BCUT2D eigenvalue weighted by Crippen LogP contribution is 2.43. The molecule has 8 heteroatoms. The first-order valence-corrected chi connectivity index (χ1v) is 9.30. The van der Waals surface area contributed by atoms with Crippen molar-refractivity contribution in [1.29, 1.82) is 0 Å². The minimum absolute atomic E-state index is 0.254. The molecule has 1 atom stereocenters. The molecule has 2 aliphatic heterocycles. The smallest absolute Gasteiger partial charge is 0.278 e. The summed E-state index contributed by atoms with van der Waals surface area (Å²) < 4.78 is 6.81. The molecule has 29 heavy (non-hydrogen) atoms. The molecule has 146 valence electrons. The lowest BCUT2D eigenvalue weighted by Crippen LogP contribution is -2.60. The standard InChI is InChI=1S/C21H19N5O3/c1-29-12-11-25-17-10-6-5-9-16(17)21(20(25)28)23-18-15(19(27)24-21)13-22-26(18)14-7-3-2-4-8-14/h2-10,13,23H,11-12H2,1H3,(H,24,27). The van der Waals surface area contributed by atoms with Gasteiger partial charge in [0.15, 0.2) is 0 Å². The number of carbonyl (C=O) groups excluding carboxylic acids is 2. The van der Waals surface area contributed by atoms with Gasteiger partial charge in [0.1, 0.15) is 11.4 Å². The first kappa shape index (κ1) is 17.4. The number of rotatable bonds is 4. The molecule has 1 spiro atoms. The van der Waals surface area contributed by atoms with Crippen LogP contribution in [0.1, 0.15) is 15.9 Å². The van der Waals surface area contributed by atoms with E-state index in [0.29, 0.717) is 30.1 Å². The molecule has 2 amide bonds. The molecule has 0 saturated heterocycles. The number of ether oxygens (including phenoxy) is 1. The van der Waals surface area contributed by atoms with E-state index in [-0.39, 0.29) is 11.8 Å². The summed E-state index contributed by atoms with van der Waals surface area (Å²) in [5, 5.41) is 10.6. The highest BCUT2D eigenvalue weighted by molar-refractivity contribution is 6.15. The normalized spacial score (nSPS) is 19.7. The van der Waals surface area contributed by atoms with Gasteiger partial charge in [-0.05, 0) is 18.2 Å². The first-order valence-electron chi connectivity index (χ1n) is 9.30.